The Kier molecular flexibility index (Phi) is 5.77. The van der Waals surface area contributed by atoms with E-state index in [2.05, 4.69) is 12.0 Å². The molecule has 0 radical (unpaired) electrons. The van der Waals surface area contributed by atoms with Gasteiger partial charge in [-0.3, -0.25) is 4.68 Å². The highest BCUT2D eigenvalue weighted by atomic mass is 32.2. The second kappa shape index (κ2) is 6.86. The Labute approximate surface area is 109 Å². The molecule has 0 aromatic carbocycles. The van der Waals surface area contributed by atoms with Crippen LogP contribution in [-0.4, -0.2) is 42.6 Å². The molecule has 0 spiro atoms. The number of sulfonamides is 1. The van der Waals surface area contributed by atoms with Gasteiger partial charge < -0.3 is 5.73 Å². The number of nitrogens with zero attached hydrogens (tertiary/aromatic N) is 3. The van der Waals surface area contributed by atoms with Crippen LogP contribution in [0.3, 0.4) is 0 Å². The molecule has 0 aliphatic rings. The molecule has 0 aliphatic carbocycles. The Morgan fingerprint density at radius 1 is 1.44 bits per heavy atom. The number of hydrogen-bond acceptors (Lipinski definition) is 4. The van der Waals surface area contributed by atoms with E-state index in [4.69, 9.17) is 5.73 Å². The third kappa shape index (κ3) is 3.79. The predicted molar refractivity (Wildman–Crippen MR) is 70.6 cm³/mol. The van der Waals surface area contributed by atoms with Crippen molar-refractivity contribution in [2.24, 2.45) is 5.73 Å². The molecule has 7 heteroatoms. The van der Waals surface area contributed by atoms with E-state index in [0.717, 1.165) is 19.3 Å². The molecule has 18 heavy (non-hydrogen) atoms. The number of hydrogen-bond donors (Lipinski definition) is 1. The summed E-state index contributed by atoms with van der Waals surface area (Å²) in [5.41, 5.74) is 5.40. The van der Waals surface area contributed by atoms with Crippen molar-refractivity contribution in [2.75, 3.05) is 20.1 Å². The summed E-state index contributed by atoms with van der Waals surface area (Å²) in [5, 5.41) is 3.98. The zero-order chi connectivity index (χ0) is 13.6. The summed E-state index contributed by atoms with van der Waals surface area (Å²) in [6, 6.07) is 0. The fourth-order valence-electron chi connectivity index (χ4n) is 1.62. The lowest BCUT2D eigenvalue weighted by Gasteiger charge is -2.15. The smallest absolute Gasteiger partial charge is 0.245 e. The lowest BCUT2D eigenvalue weighted by Crippen LogP contribution is -2.27. The highest BCUT2D eigenvalue weighted by Crippen LogP contribution is 2.13. The van der Waals surface area contributed by atoms with Crippen molar-refractivity contribution >= 4 is 10.0 Å². The Morgan fingerprint density at radius 3 is 2.78 bits per heavy atom. The van der Waals surface area contributed by atoms with Crippen LogP contribution in [-0.2, 0) is 16.6 Å². The molecular formula is C11H22N4O2S. The summed E-state index contributed by atoms with van der Waals surface area (Å²) < 4.78 is 27.3. The number of unbranched alkanes of at least 4 members (excludes halogenated alkanes) is 2. The summed E-state index contributed by atoms with van der Waals surface area (Å²) in [6.45, 7) is 3.59. The van der Waals surface area contributed by atoms with Gasteiger partial charge in [0.2, 0.25) is 10.0 Å². The van der Waals surface area contributed by atoms with Crippen LogP contribution >= 0.6 is 0 Å². The van der Waals surface area contributed by atoms with Gasteiger partial charge in [0.05, 0.1) is 12.7 Å². The zero-order valence-corrected chi connectivity index (χ0v) is 11.9. The third-order valence-corrected chi connectivity index (χ3v) is 4.56. The monoisotopic (exact) mass is 274 g/mol. The van der Waals surface area contributed by atoms with Gasteiger partial charge in [-0.2, -0.15) is 5.10 Å². The maximum Gasteiger partial charge on any atom is 0.245 e. The van der Waals surface area contributed by atoms with Crippen LogP contribution in [0.5, 0.6) is 0 Å². The number of aromatic nitrogens is 2. The van der Waals surface area contributed by atoms with E-state index < -0.39 is 10.0 Å². The van der Waals surface area contributed by atoms with Gasteiger partial charge in [0.1, 0.15) is 4.90 Å². The topological polar surface area (TPSA) is 81.2 Å². The average molecular weight is 274 g/mol. The van der Waals surface area contributed by atoms with Gasteiger partial charge in [-0.1, -0.05) is 19.8 Å². The number of rotatable bonds is 8. The summed E-state index contributed by atoms with van der Waals surface area (Å²) in [6.07, 6.45) is 5.89. The Morgan fingerprint density at radius 2 is 2.17 bits per heavy atom. The van der Waals surface area contributed by atoms with E-state index in [9.17, 15) is 8.42 Å². The van der Waals surface area contributed by atoms with Crippen molar-refractivity contribution in [1.29, 1.82) is 0 Å². The minimum absolute atomic E-state index is 0.231. The zero-order valence-electron chi connectivity index (χ0n) is 11.0. The van der Waals surface area contributed by atoms with Crippen LogP contribution in [0.1, 0.15) is 26.2 Å². The fourth-order valence-corrected chi connectivity index (χ4v) is 2.78. The predicted octanol–water partition coefficient (Wildman–Crippen LogP) is 0.653. The fraction of sp³-hybridized carbons (Fsp3) is 0.727. The van der Waals surface area contributed by atoms with Crippen LogP contribution in [0.2, 0.25) is 0 Å². The Balaban J connectivity index is 2.71. The molecule has 6 nitrogen and oxygen atoms in total. The molecule has 0 fully saturated rings. The molecule has 1 heterocycles. The van der Waals surface area contributed by atoms with Crippen LogP contribution in [0, 0.1) is 0 Å². The summed E-state index contributed by atoms with van der Waals surface area (Å²) in [5.74, 6) is 0. The van der Waals surface area contributed by atoms with Gasteiger partial charge in [0.15, 0.2) is 0 Å². The molecule has 0 saturated carbocycles. The highest BCUT2D eigenvalue weighted by molar-refractivity contribution is 7.89. The van der Waals surface area contributed by atoms with Crippen LogP contribution in [0.4, 0.5) is 0 Å². The molecule has 0 amide bonds. The van der Waals surface area contributed by atoms with E-state index in [-0.39, 0.29) is 4.90 Å². The van der Waals surface area contributed by atoms with Gasteiger partial charge >= 0.3 is 0 Å². The van der Waals surface area contributed by atoms with Gasteiger partial charge in [-0.15, -0.1) is 0 Å². The molecule has 0 unspecified atom stereocenters. The summed E-state index contributed by atoms with van der Waals surface area (Å²) in [4.78, 5) is 0.231. The van der Waals surface area contributed by atoms with Crippen molar-refractivity contribution in [1.82, 2.24) is 14.1 Å². The standard InChI is InChI=1S/C11H22N4O2S/c1-3-4-5-7-14(2)18(16,17)11-9-13-15(10-11)8-6-12/h9-10H,3-8,12H2,1-2H3. The van der Waals surface area contributed by atoms with Crippen molar-refractivity contribution in [3.8, 4) is 0 Å². The molecule has 0 atom stereocenters. The Hall–Kier alpha value is -0.920. The van der Waals surface area contributed by atoms with Gasteiger partial charge in [0, 0.05) is 26.3 Å². The first-order valence-corrected chi connectivity index (χ1v) is 7.65. The SMILES string of the molecule is CCCCCN(C)S(=O)(=O)c1cnn(CCN)c1. The Bertz CT molecular complexity index is 455. The van der Waals surface area contributed by atoms with Crippen molar-refractivity contribution in [2.45, 2.75) is 37.6 Å². The molecule has 1 aromatic rings. The quantitative estimate of drug-likeness (QED) is 0.706. The van der Waals surface area contributed by atoms with Crippen LogP contribution in [0.25, 0.3) is 0 Å². The van der Waals surface area contributed by atoms with E-state index in [1.165, 1.54) is 16.7 Å². The van der Waals surface area contributed by atoms with Crippen molar-refractivity contribution in [3.63, 3.8) is 0 Å². The molecular weight excluding hydrogens is 252 g/mol. The van der Waals surface area contributed by atoms with E-state index in [1.54, 1.807) is 11.7 Å². The normalized spacial score (nSPS) is 12.2. The van der Waals surface area contributed by atoms with Crippen molar-refractivity contribution in [3.05, 3.63) is 12.4 Å². The lowest BCUT2D eigenvalue weighted by molar-refractivity contribution is 0.454. The maximum atomic E-state index is 12.2. The second-order valence-corrected chi connectivity index (χ2v) is 6.31. The maximum absolute atomic E-state index is 12.2. The van der Waals surface area contributed by atoms with Gasteiger partial charge in [-0.25, -0.2) is 12.7 Å². The summed E-state index contributed by atoms with van der Waals surface area (Å²) in [7, 11) is -1.81. The lowest BCUT2D eigenvalue weighted by atomic mass is 10.2. The minimum Gasteiger partial charge on any atom is -0.329 e. The molecule has 1 rings (SSSR count). The van der Waals surface area contributed by atoms with Crippen LogP contribution < -0.4 is 5.73 Å². The molecule has 0 saturated heterocycles. The first-order chi connectivity index (χ1) is 8.52. The number of nitrogens with two attached hydrogens (primary N) is 1. The van der Waals surface area contributed by atoms with Crippen LogP contribution in [0.15, 0.2) is 17.3 Å². The van der Waals surface area contributed by atoms with Crippen molar-refractivity contribution < 1.29 is 8.42 Å². The third-order valence-electron chi connectivity index (χ3n) is 2.75. The molecule has 0 bridgehead atoms. The molecule has 1 aromatic heterocycles. The molecule has 2 N–H and O–H groups in total. The molecule has 0 aliphatic heterocycles. The van der Waals surface area contributed by atoms with E-state index in [0.29, 0.717) is 19.6 Å². The van der Waals surface area contributed by atoms with Gasteiger partial charge in [-0.05, 0) is 6.42 Å². The first kappa shape index (κ1) is 15.1. The summed E-state index contributed by atoms with van der Waals surface area (Å²) >= 11 is 0. The first-order valence-electron chi connectivity index (χ1n) is 6.21. The minimum atomic E-state index is -3.41. The largest absolute Gasteiger partial charge is 0.329 e. The average Bonchev–Trinajstić information content (AvgIpc) is 2.79. The highest BCUT2D eigenvalue weighted by Gasteiger charge is 2.21. The van der Waals surface area contributed by atoms with E-state index in [1.807, 2.05) is 0 Å². The molecule has 104 valence electrons. The van der Waals surface area contributed by atoms with Gasteiger partial charge in [0.25, 0.3) is 0 Å². The second-order valence-electron chi connectivity index (χ2n) is 4.26. The van der Waals surface area contributed by atoms with E-state index >= 15 is 0 Å².